The van der Waals surface area contributed by atoms with E-state index < -0.39 is 5.97 Å². The molecule has 16 heavy (non-hydrogen) atoms. The molecule has 2 N–H and O–H groups in total. The van der Waals surface area contributed by atoms with E-state index in [-0.39, 0.29) is 5.91 Å². The molecule has 86 valence electrons. The van der Waals surface area contributed by atoms with Gasteiger partial charge in [-0.25, -0.2) is 4.79 Å². The molecule has 0 radical (unpaired) electrons. The Kier molecular flexibility index (Phi) is 3.21. The lowest BCUT2D eigenvalue weighted by atomic mass is 10.3. The highest BCUT2D eigenvalue weighted by Crippen LogP contribution is 2.18. The quantitative estimate of drug-likeness (QED) is 0.801. The van der Waals surface area contributed by atoms with Crippen LogP contribution in [-0.2, 0) is 11.3 Å². The number of piperazine rings is 1. The van der Waals surface area contributed by atoms with Crippen LogP contribution in [0.1, 0.15) is 14.5 Å². The first-order valence-corrected chi connectivity index (χ1v) is 5.78. The molecular weight excluding hydrogens is 228 g/mol. The van der Waals surface area contributed by atoms with Crippen molar-refractivity contribution in [2.45, 2.75) is 6.54 Å². The first-order valence-electron chi connectivity index (χ1n) is 4.96. The summed E-state index contributed by atoms with van der Waals surface area (Å²) in [5, 5.41) is 11.5. The van der Waals surface area contributed by atoms with Gasteiger partial charge in [-0.3, -0.25) is 9.69 Å². The molecule has 0 atom stereocenters. The average Bonchev–Trinajstić information content (AvgIpc) is 2.66. The molecule has 1 saturated heterocycles. The van der Waals surface area contributed by atoms with Crippen LogP contribution in [0.5, 0.6) is 0 Å². The summed E-state index contributed by atoms with van der Waals surface area (Å²) in [6, 6.07) is 3.41. The number of carboxylic acid groups (broad SMARTS) is 1. The normalized spacial score (nSPS) is 17.1. The molecule has 6 heteroatoms. The van der Waals surface area contributed by atoms with Crippen LogP contribution >= 0.6 is 11.3 Å². The second-order valence-corrected chi connectivity index (χ2v) is 4.80. The monoisotopic (exact) mass is 240 g/mol. The van der Waals surface area contributed by atoms with Crippen LogP contribution in [0, 0.1) is 0 Å². The minimum atomic E-state index is -0.896. The Morgan fingerprint density at radius 3 is 3.00 bits per heavy atom. The molecule has 1 amide bonds. The van der Waals surface area contributed by atoms with E-state index in [2.05, 4.69) is 5.32 Å². The smallest absolute Gasteiger partial charge is 0.345 e. The van der Waals surface area contributed by atoms with Crippen molar-refractivity contribution in [1.82, 2.24) is 10.2 Å². The fourth-order valence-corrected chi connectivity index (χ4v) is 2.51. The first kappa shape index (κ1) is 11.1. The Labute approximate surface area is 96.7 Å². The molecule has 0 bridgehead atoms. The third-order valence-electron chi connectivity index (χ3n) is 2.37. The summed E-state index contributed by atoms with van der Waals surface area (Å²) < 4.78 is 0. The Balaban J connectivity index is 1.97. The van der Waals surface area contributed by atoms with Gasteiger partial charge < -0.3 is 10.4 Å². The van der Waals surface area contributed by atoms with Crippen molar-refractivity contribution in [3.8, 4) is 0 Å². The Hall–Kier alpha value is -1.40. The number of carbonyl (C=O) groups is 2. The van der Waals surface area contributed by atoms with Crippen LogP contribution in [0.4, 0.5) is 0 Å². The maximum atomic E-state index is 11.1. The molecule has 1 aromatic heterocycles. The standard InChI is InChI=1S/C10H12N2O3S/c13-9-6-12(4-3-11-9)5-7-1-2-8(16-7)10(14)15/h1-2H,3-6H2,(H,11,13)(H,14,15). The van der Waals surface area contributed by atoms with E-state index in [0.717, 1.165) is 11.4 Å². The highest BCUT2D eigenvalue weighted by molar-refractivity contribution is 7.13. The lowest BCUT2D eigenvalue weighted by molar-refractivity contribution is -0.124. The molecular formula is C10H12N2O3S. The van der Waals surface area contributed by atoms with Crippen LogP contribution < -0.4 is 5.32 Å². The lowest BCUT2D eigenvalue weighted by Gasteiger charge is -2.25. The number of aromatic carboxylic acids is 1. The summed E-state index contributed by atoms with van der Waals surface area (Å²) in [5.74, 6) is -0.867. The van der Waals surface area contributed by atoms with Crippen molar-refractivity contribution in [2.24, 2.45) is 0 Å². The molecule has 5 nitrogen and oxygen atoms in total. The second-order valence-electron chi connectivity index (χ2n) is 3.63. The van der Waals surface area contributed by atoms with E-state index in [9.17, 15) is 9.59 Å². The van der Waals surface area contributed by atoms with Gasteiger partial charge in [0.1, 0.15) is 4.88 Å². The number of hydrogen-bond acceptors (Lipinski definition) is 4. The average molecular weight is 240 g/mol. The molecule has 2 rings (SSSR count). The Morgan fingerprint density at radius 2 is 2.38 bits per heavy atom. The molecule has 2 heterocycles. The van der Waals surface area contributed by atoms with Gasteiger partial charge in [0.05, 0.1) is 6.54 Å². The summed E-state index contributed by atoms with van der Waals surface area (Å²) in [5.41, 5.74) is 0. The third-order valence-corrected chi connectivity index (χ3v) is 3.43. The number of thiophene rings is 1. The summed E-state index contributed by atoms with van der Waals surface area (Å²) in [6.45, 7) is 2.51. The summed E-state index contributed by atoms with van der Waals surface area (Å²) in [7, 11) is 0. The molecule has 1 aliphatic heterocycles. The highest BCUT2D eigenvalue weighted by Gasteiger charge is 2.17. The van der Waals surface area contributed by atoms with Crippen LogP contribution in [0.25, 0.3) is 0 Å². The van der Waals surface area contributed by atoms with Crippen molar-refractivity contribution in [3.05, 3.63) is 21.9 Å². The minimum Gasteiger partial charge on any atom is -0.477 e. The van der Waals surface area contributed by atoms with Crippen LogP contribution in [0.2, 0.25) is 0 Å². The van der Waals surface area contributed by atoms with Gasteiger partial charge in [0.2, 0.25) is 5.91 Å². The number of nitrogens with one attached hydrogen (secondary N) is 1. The van der Waals surface area contributed by atoms with Crippen LogP contribution in [0.15, 0.2) is 12.1 Å². The molecule has 0 unspecified atom stereocenters. The van der Waals surface area contributed by atoms with Gasteiger partial charge in [0.25, 0.3) is 0 Å². The van der Waals surface area contributed by atoms with Gasteiger partial charge in [-0.15, -0.1) is 11.3 Å². The molecule has 0 spiro atoms. The van der Waals surface area contributed by atoms with Crippen LogP contribution in [-0.4, -0.2) is 41.5 Å². The SMILES string of the molecule is O=C1CN(Cc2ccc(C(=O)O)s2)CCN1. The zero-order chi connectivity index (χ0) is 11.5. The van der Waals surface area contributed by atoms with Gasteiger partial charge in [0.15, 0.2) is 0 Å². The van der Waals surface area contributed by atoms with Crippen molar-refractivity contribution >= 4 is 23.2 Å². The number of amides is 1. The van der Waals surface area contributed by atoms with Crippen molar-refractivity contribution in [2.75, 3.05) is 19.6 Å². The number of hydrogen-bond donors (Lipinski definition) is 2. The highest BCUT2D eigenvalue weighted by atomic mass is 32.1. The van der Waals surface area contributed by atoms with Crippen molar-refractivity contribution in [1.29, 1.82) is 0 Å². The van der Waals surface area contributed by atoms with Crippen LogP contribution in [0.3, 0.4) is 0 Å². The topological polar surface area (TPSA) is 69.6 Å². The summed E-state index contributed by atoms with van der Waals surface area (Å²) in [6.07, 6.45) is 0. The predicted molar refractivity (Wildman–Crippen MR) is 59.6 cm³/mol. The molecule has 1 aliphatic rings. The number of rotatable bonds is 3. The second kappa shape index (κ2) is 4.63. The predicted octanol–water partition coefficient (Wildman–Crippen LogP) is 0.378. The zero-order valence-corrected chi connectivity index (χ0v) is 9.42. The first-order chi connectivity index (χ1) is 7.65. The molecule has 0 aromatic carbocycles. The van der Waals surface area contributed by atoms with E-state index >= 15 is 0 Å². The van der Waals surface area contributed by atoms with Gasteiger partial charge in [0, 0.05) is 24.5 Å². The van der Waals surface area contributed by atoms with E-state index in [0.29, 0.717) is 24.5 Å². The molecule has 0 aliphatic carbocycles. The van der Waals surface area contributed by atoms with Crippen molar-refractivity contribution in [3.63, 3.8) is 0 Å². The molecule has 0 saturated carbocycles. The number of nitrogens with zero attached hydrogens (tertiary/aromatic N) is 1. The minimum absolute atomic E-state index is 0.0289. The van der Waals surface area contributed by atoms with E-state index in [1.807, 2.05) is 4.90 Å². The lowest BCUT2D eigenvalue weighted by Crippen LogP contribution is -2.46. The van der Waals surface area contributed by atoms with Crippen molar-refractivity contribution < 1.29 is 14.7 Å². The Bertz CT molecular complexity index is 416. The van der Waals surface area contributed by atoms with Gasteiger partial charge in [-0.1, -0.05) is 0 Å². The zero-order valence-electron chi connectivity index (χ0n) is 8.60. The van der Waals surface area contributed by atoms with E-state index in [4.69, 9.17) is 5.11 Å². The van der Waals surface area contributed by atoms with Gasteiger partial charge in [-0.05, 0) is 12.1 Å². The fourth-order valence-electron chi connectivity index (χ4n) is 1.62. The molecule has 1 aromatic rings. The fraction of sp³-hybridized carbons (Fsp3) is 0.400. The summed E-state index contributed by atoms with van der Waals surface area (Å²) in [4.78, 5) is 25.2. The number of carbonyl (C=O) groups excluding carboxylic acids is 1. The maximum Gasteiger partial charge on any atom is 0.345 e. The third kappa shape index (κ3) is 2.59. The van der Waals surface area contributed by atoms with Gasteiger partial charge >= 0.3 is 5.97 Å². The largest absolute Gasteiger partial charge is 0.477 e. The Morgan fingerprint density at radius 1 is 1.56 bits per heavy atom. The van der Waals surface area contributed by atoms with E-state index in [1.54, 1.807) is 12.1 Å². The number of carboxylic acids is 1. The summed E-state index contributed by atoms with van der Waals surface area (Å²) >= 11 is 1.26. The van der Waals surface area contributed by atoms with E-state index in [1.165, 1.54) is 11.3 Å². The molecule has 1 fully saturated rings. The maximum absolute atomic E-state index is 11.1. The van der Waals surface area contributed by atoms with Gasteiger partial charge in [-0.2, -0.15) is 0 Å².